The molecule has 0 aliphatic rings. The predicted octanol–water partition coefficient (Wildman–Crippen LogP) is 2.92. The van der Waals surface area contributed by atoms with Gasteiger partial charge in [0, 0.05) is 12.4 Å². The van der Waals surface area contributed by atoms with Crippen LogP contribution in [0.1, 0.15) is 21.6 Å². The monoisotopic (exact) mass is 282 g/mol. The number of nitrogens with zero attached hydrogens (tertiary/aromatic N) is 2. The zero-order chi connectivity index (χ0) is 14.8. The number of carboxylic acid groups (broad SMARTS) is 1. The van der Waals surface area contributed by atoms with Crippen molar-refractivity contribution in [2.75, 3.05) is 0 Å². The number of benzene rings is 1. The number of aromatic nitrogens is 2. The third-order valence-electron chi connectivity index (χ3n) is 3.16. The average Bonchev–Trinajstić information content (AvgIpc) is 2.87. The van der Waals surface area contributed by atoms with Gasteiger partial charge in [0.15, 0.2) is 0 Å². The first-order chi connectivity index (χ1) is 10.1. The molecule has 3 aromatic rings. The van der Waals surface area contributed by atoms with Crippen LogP contribution in [0.25, 0.3) is 5.65 Å². The standard InChI is InChI=1S/C16H14N2O3/c1-11-6-7-18-9-12(17-15(18)8-11)10-21-14-5-3-2-4-13(14)16(19)20/h2-9H,10H2,1H3,(H,19,20). The lowest BCUT2D eigenvalue weighted by Gasteiger charge is -2.06. The van der Waals surface area contributed by atoms with Crippen molar-refractivity contribution in [1.82, 2.24) is 9.38 Å². The molecule has 0 radical (unpaired) electrons. The van der Waals surface area contributed by atoms with E-state index in [0.717, 1.165) is 16.9 Å². The fourth-order valence-corrected chi connectivity index (χ4v) is 2.13. The molecular formula is C16H14N2O3. The summed E-state index contributed by atoms with van der Waals surface area (Å²) in [6.45, 7) is 2.24. The molecule has 0 aliphatic carbocycles. The van der Waals surface area contributed by atoms with Gasteiger partial charge in [0.25, 0.3) is 0 Å². The molecule has 0 spiro atoms. The SMILES string of the molecule is Cc1ccn2cc(COc3ccccc3C(=O)O)nc2c1. The Morgan fingerprint density at radius 1 is 1.33 bits per heavy atom. The summed E-state index contributed by atoms with van der Waals surface area (Å²) in [6.07, 6.45) is 3.81. The lowest BCUT2D eigenvalue weighted by atomic mass is 10.2. The van der Waals surface area contributed by atoms with Crippen molar-refractivity contribution in [1.29, 1.82) is 0 Å². The highest BCUT2D eigenvalue weighted by Gasteiger charge is 2.11. The third kappa shape index (κ3) is 2.72. The summed E-state index contributed by atoms with van der Waals surface area (Å²) < 4.78 is 7.50. The number of hydrogen-bond donors (Lipinski definition) is 1. The average molecular weight is 282 g/mol. The van der Waals surface area contributed by atoms with E-state index in [1.165, 1.54) is 6.07 Å². The summed E-state index contributed by atoms with van der Waals surface area (Å²) in [4.78, 5) is 15.6. The number of imidazole rings is 1. The van der Waals surface area contributed by atoms with Gasteiger partial charge in [-0.15, -0.1) is 0 Å². The lowest BCUT2D eigenvalue weighted by Crippen LogP contribution is -2.03. The third-order valence-corrected chi connectivity index (χ3v) is 3.16. The van der Waals surface area contributed by atoms with Crippen molar-refractivity contribution in [2.45, 2.75) is 13.5 Å². The number of aromatic carboxylic acids is 1. The van der Waals surface area contributed by atoms with Crippen molar-refractivity contribution in [3.8, 4) is 5.75 Å². The molecule has 0 saturated carbocycles. The summed E-state index contributed by atoms with van der Waals surface area (Å²) in [6, 6.07) is 10.6. The minimum absolute atomic E-state index is 0.150. The molecule has 3 rings (SSSR count). The van der Waals surface area contributed by atoms with Crippen LogP contribution in [0.2, 0.25) is 0 Å². The molecule has 0 saturated heterocycles. The van der Waals surface area contributed by atoms with Crippen molar-refractivity contribution in [3.05, 3.63) is 65.6 Å². The van der Waals surface area contributed by atoms with Crippen LogP contribution in [-0.2, 0) is 6.61 Å². The highest BCUT2D eigenvalue weighted by Crippen LogP contribution is 2.19. The summed E-state index contributed by atoms with van der Waals surface area (Å²) in [5.41, 5.74) is 2.88. The molecule has 0 aliphatic heterocycles. The minimum Gasteiger partial charge on any atom is -0.486 e. The van der Waals surface area contributed by atoms with Crippen molar-refractivity contribution >= 4 is 11.6 Å². The van der Waals surface area contributed by atoms with Gasteiger partial charge >= 0.3 is 5.97 Å². The maximum absolute atomic E-state index is 11.1. The number of pyridine rings is 1. The fourth-order valence-electron chi connectivity index (χ4n) is 2.13. The zero-order valence-corrected chi connectivity index (χ0v) is 11.5. The van der Waals surface area contributed by atoms with Crippen LogP contribution in [0.5, 0.6) is 5.75 Å². The van der Waals surface area contributed by atoms with Gasteiger partial charge in [-0.2, -0.15) is 0 Å². The van der Waals surface area contributed by atoms with E-state index in [2.05, 4.69) is 4.98 Å². The Hall–Kier alpha value is -2.82. The first-order valence-corrected chi connectivity index (χ1v) is 6.53. The van der Waals surface area contributed by atoms with E-state index in [0.29, 0.717) is 5.75 Å². The Morgan fingerprint density at radius 3 is 2.95 bits per heavy atom. The summed E-state index contributed by atoms with van der Waals surface area (Å²) in [5.74, 6) is -0.658. The minimum atomic E-state index is -1.00. The molecule has 0 bridgehead atoms. The van der Waals surface area contributed by atoms with Gasteiger partial charge in [-0.3, -0.25) is 0 Å². The Bertz CT molecular complexity index is 808. The van der Waals surface area contributed by atoms with E-state index in [1.54, 1.807) is 18.2 Å². The Balaban J connectivity index is 1.82. The van der Waals surface area contributed by atoms with Crippen LogP contribution in [0.4, 0.5) is 0 Å². The molecule has 0 fully saturated rings. The summed E-state index contributed by atoms with van der Waals surface area (Å²) >= 11 is 0. The van der Waals surface area contributed by atoms with Crippen molar-refractivity contribution in [3.63, 3.8) is 0 Å². The quantitative estimate of drug-likeness (QED) is 0.799. The van der Waals surface area contributed by atoms with Gasteiger partial charge in [-0.05, 0) is 36.8 Å². The van der Waals surface area contributed by atoms with Gasteiger partial charge in [-0.25, -0.2) is 9.78 Å². The van der Waals surface area contributed by atoms with Gasteiger partial charge in [0.2, 0.25) is 0 Å². The predicted molar refractivity (Wildman–Crippen MR) is 77.7 cm³/mol. The maximum atomic E-state index is 11.1. The number of rotatable bonds is 4. The van der Waals surface area contributed by atoms with Crippen LogP contribution in [0, 0.1) is 6.92 Å². The molecule has 2 heterocycles. The molecule has 1 aromatic carbocycles. The Kier molecular flexibility index (Phi) is 3.31. The van der Waals surface area contributed by atoms with E-state index >= 15 is 0 Å². The lowest BCUT2D eigenvalue weighted by molar-refractivity contribution is 0.0691. The first-order valence-electron chi connectivity index (χ1n) is 6.53. The second-order valence-electron chi connectivity index (χ2n) is 4.79. The second-order valence-corrected chi connectivity index (χ2v) is 4.79. The van der Waals surface area contributed by atoms with E-state index in [9.17, 15) is 4.79 Å². The molecule has 5 nitrogen and oxygen atoms in total. The number of hydrogen-bond acceptors (Lipinski definition) is 3. The smallest absolute Gasteiger partial charge is 0.339 e. The van der Waals surface area contributed by atoms with Crippen molar-refractivity contribution < 1.29 is 14.6 Å². The first kappa shape index (κ1) is 13.2. The normalized spacial score (nSPS) is 10.7. The molecule has 0 atom stereocenters. The number of para-hydroxylation sites is 1. The van der Waals surface area contributed by atoms with E-state index in [4.69, 9.17) is 9.84 Å². The topological polar surface area (TPSA) is 63.8 Å². The highest BCUT2D eigenvalue weighted by molar-refractivity contribution is 5.90. The molecular weight excluding hydrogens is 268 g/mol. The van der Waals surface area contributed by atoms with E-state index in [1.807, 2.05) is 35.9 Å². The maximum Gasteiger partial charge on any atom is 0.339 e. The van der Waals surface area contributed by atoms with Crippen LogP contribution >= 0.6 is 0 Å². The van der Waals surface area contributed by atoms with Crippen LogP contribution in [0.15, 0.2) is 48.8 Å². The fraction of sp³-hybridized carbons (Fsp3) is 0.125. The molecule has 106 valence electrons. The van der Waals surface area contributed by atoms with Crippen LogP contribution in [0.3, 0.4) is 0 Å². The summed E-state index contributed by atoms with van der Waals surface area (Å²) in [5, 5.41) is 9.11. The molecule has 5 heteroatoms. The number of ether oxygens (including phenoxy) is 1. The highest BCUT2D eigenvalue weighted by atomic mass is 16.5. The van der Waals surface area contributed by atoms with E-state index in [-0.39, 0.29) is 12.2 Å². The largest absolute Gasteiger partial charge is 0.486 e. The molecule has 2 aromatic heterocycles. The van der Waals surface area contributed by atoms with Crippen LogP contribution < -0.4 is 4.74 Å². The number of carbonyl (C=O) groups is 1. The molecule has 0 unspecified atom stereocenters. The molecule has 0 amide bonds. The van der Waals surface area contributed by atoms with Gasteiger partial charge in [0.1, 0.15) is 23.6 Å². The van der Waals surface area contributed by atoms with Gasteiger partial charge in [-0.1, -0.05) is 12.1 Å². The van der Waals surface area contributed by atoms with Gasteiger partial charge in [0.05, 0.1) is 5.69 Å². The van der Waals surface area contributed by atoms with Crippen LogP contribution in [-0.4, -0.2) is 20.5 Å². The number of carboxylic acids is 1. The number of aryl methyl sites for hydroxylation is 1. The van der Waals surface area contributed by atoms with Crippen molar-refractivity contribution in [2.24, 2.45) is 0 Å². The molecule has 1 N–H and O–H groups in total. The molecule has 21 heavy (non-hydrogen) atoms. The van der Waals surface area contributed by atoms with Gasteiger partial charge < -0.3 is 14.2 Å². The number of fused-ring (bicyclic) bond motifs is 1. The Labute approximate surface area is 121 Å². The summed E-state index contributed by atoms with van der Waals surface area (Å²) in [7, 11) is 0. The second kappa shape index (κ2) is 5.28. The Morgan fingerprint density at radius 2 is 2.14 bits per heavy atom. The van der Waals surface area contributed by atoms with E-state index < -0.39 is 5.97 Å². The zero-order valence-electron chi connectivity index (χ0n) is 11.5.